The SMILES string of the molecule is N[C@@H]1CCN(C(=O)Cn2nc(C3CC3)cc2C(F)(F)F)[C@@H]1c1cccc(Cl)c1Cl. The van der Waals surface area contributed by atoms with E-state index in [-0.39, 0.29) is 5.92 Å². The number of rotatable bonds is 4. The number of aromatic nitrogens is 2. The van der Waals surface area contributed by atoms with Crippen LogP contribution in [0, 0.1) is 0 Å². The number of nitrogens with zero attached hydrogens (tertiary/aromatic N) is 3. The second-order valence-electron chi connectivity index (χ2n) is 7.51. The predicted octanol–water partition coefficient (Wildman–Crippen LogP) is 4.39. The summed E-state index contributed by atoms with van der Waals surface area (Å²) in [5.41, 5.74) is 6.27. The van der Waals surface area contributed by atoms with Crippen LogP contribution in [0.5, 0.6) is 0 Å². The van der Waals surface area contributed by atoms with Gasteiger partial charge in [0.25, 0.3) is 0 Å². The standard InChI is InChI=1S/C19H19Cl2F3N4O/c20-12-3-1-2-11(17(12)21)18-13(25)6-7-27(18)16(29)9-28-15(19(22,23)24)8-14(26-28)10-4-5-10/h1-3,8,10,13,18H,4-7,9,25H2/t13-,18-/m1/s1. The molecule has 2 aromatic rings. The third-order valence-electron chi connectivity index (χ3n) is 5.44. The molecular weight excluding hydrogens is 428 g/mol. The number of halogens is 5. The van der Waals surface area contributed by atoms with Crippen LogP contribution in [0.2, 0.25) is 10.0 Å². The zero-order valence-electron chi connectivity index (χ0n) is 15.3. The first-order chi connectivity index (χ1) is 13.7. The lowest BCUT2D eigenvalue weighted by molar-refractivity contribution is -0.146. The van der Waals surface area contributed by atoms with Crippen LogP contribution in [-0.4, -0.2) is 33.2 Å². The van der Waals surface area contributed by atoms with E-state index >= 15 is 0 Å². The first-order valence-corrected chi connectivity index (χ1v) is 10.1. The molecule has 2 heterocycles. The molecule has 4 rings (SSSR count). The summed E-state index contributed by atoms with van der Waals surface area (Å²) in [5, 5.41) is 4.69. The first-order valence-electron chi connectivity index (χ1n) is 9.30. The van der Waals surface area contributed by atoms with Crippen molar-refractivity contribution in [2.75, 3.05) is 6.54 Å². The molecule has 0 spiro atoms. The zero-order valence-corrected chi connectivity index (χ0v) is 16.8. The number of hydrogen-bond acceptors (Lipinski definition) is 3. The molecule has 1 amide bonds. The highest BCUT2D eigenvalue weighted by molar-refractivity contribution is 6.42. The van der Waals surface area contributed by atoms with Gasteiger partial charge in [-0.2, -0.15) is 18.3 Å². The molecule has 1 aliphatic heterocycles. The molecule has 1 aliphatic carbocycles. The predicted molar refractivity (Wildman–Crippen MR) is 103 cm³/mol. The molecule has 2 fully saturated rings. The van der Waals surface area contributed by atoms with Crippen LogP contribution in [0.25, 0.3) is 0 Å². The van der Waals surface area contributed by atoms with Crippen molar-refractivity contribution in [1.82, 2.24) is 14.7 Å². The van der Waals surface area contributed by atoms with Gasteiger partial charge in [0, 0.05) is 18.5 Å². The molecule has 156 valence electrons. The minimum atomic E-state index is -4.59. The monoisotopic (exact) mass is 446 g/mol. The summed E-state index contributed by atoms with van der Waals surface area (Å²) in [6, 6.07) is 5.15. The molecular formula is C19H19Cl2F3N4O. The molecule has 2 atom stereocenters. The highest BCUT2D eigenvalue weighted by Gasteiger charge is 2.41. The number of benzene rings is 1. The molecule has 1 aromatic heterocycles. The maximum atomic E-state index is 13.4. The maximum absolute atomic E-state index is 13.4. The van der Waals surface area contributed by atoms with Crippen LogP contribution in [0.15, 0.2) is 24.3 Å². The van der Waals surface area contributed by atoms with Crippen molar-refractivity contribution in [2.45, 2.75) is 50.0 Å². The average molecular weight is 447 g/mol. The van der Waals surface area contributed by atoms with E-state index in [0.717, 1.165) is 23.6 Å². The highest BCUT2D eigenvalue weighted by Crippen LogP contribution is 2.42. The first kappa shape index (κ1) is 20.5. The van der Waals surface area contributed by atoms with Gasteiger partial charge in [0.2, 0.25) is 5.91 Å². The van der Waals surface area contributed by atoms with Gasteiger partial charge in [0.1, 0.15) is 12.2 Å². The van der Waals surface area contributed by atoms with Crippen molar-refractivity contribution in [2.24, 2.45) is 5.73 Å². The van der Waals surface area contributed by atoms with E-state index in [1.54, 1.807) is 18.2 Å². The fraction of sp³-hybridized carbons (Fsp3) is 0.474. The van der Waals surface area contributed by atoms with Crippen LogP contribution in [0.1, 0.15) is 48.2 Å². The molecule has 0 radical (unpaired) electrons. The number of alkyl halides is 3. The Balaban J connectivity index is 1.62. The molecule has 2 aliphatic rings. The summed E-state index contributed by atoms with van der Waals surface area (Å²) in [5.74, 6) is -0.444. The van der Waals surface area contributed by atoms with Crippen molar-refractivity contribution in [3.63, 3.8) is 0 Å². The Morgan fingerprint density at radius 1 is 1.24 bits per heavy atom. The number of hydrogen-bond donors (Lipinski definition) is 1. The van der Waals surface area contributed by atoms with Gasteiger partial charge in [-0.25, -0.2) is 0 Å². The Bertz CT molecular complexity index is 942. The smallest absolute Gasteiger partial charge is 0.332 e. The molecule has 1 saturated heterocycles. The number of likely N-dealkylation sites (tertiary alicyclic amines) is 1. The Kier molecular flexibility index (Phi) is 5.29. The lowest BCUT2D eigenvalue weighted by Gasteiger charge is -2.28. The molecule has 10 heteroatoms. The van der Waals surface area contributed by atoms with Crippen LogP contribution >= 0.6 is 23.2 Å². The van der Waals surface area contributed by atoms with E-state index in [1.807, 2.05) is 0 Å². The molecule has 1 saturated carbocycles. The summed E-state index contributed by atoms with van der Waals surface area (Å²) >= 11 is 12.4. The third kappa shape index (κ3) is 3.98. The Morgan fingerprint density at radius 3 is 2.62 bits per heavy atom. The van der Waals surface area contributed by atoms with Crippen molar-refractivity contribution in [3.05, 3.63) is 51.3 Å². The fourth-order valence-corrected chi connectivity index (χ4v) is 4.25. The molecule has 2 N–H and O–H groups in total. The number of amides is 1. The van der Waals surface area contributed by atoms with Gasteiger partial charge in [-0.15, -0.1) is 0 Å². The van der Waals surface area contributed by atoms with E-state index in [0.29, 0.717) is 34.3 Å². The Morgan fingerprint density at radius 2 is 1.97 bits per heavy atom. The van der Waals surface area contributed by atoms with Crippen molar-refractivity contribution in [1.29, 1.82) is 0 Å². The van der Waals surface area contributed by atoms with E-state index in [1.165, 1.54) is 4.90 Å². The van der Waals surface area contributed by atoms with Gasteiger partial charge < -0.3 is 10.6 Å². The second kappa shape index (κ2) is 7.49. The normalized spacial score (nSPS) is 22.3. The summed E-state index contributed by atoms with van der Waals surface area (Å²) < 4.78 is 41.1. The largest absolute Gasteiger partial charge is 0.433 e. The van der Waals surface area contributed by atoms with Crippen molar-refractivity contribution in [3.8, 4) is 0 Å². The molecule has 0 unspecified atom stereocenters. The highest BCUT2D eigenvalue weighted by atomic mass is 35.5. The topological polar surface area (TPSA) is 64.2 Å². The number of carbonyl (C=O) groups excluding carboxylic acids is 1. The molecule has 0 bridgehead atoms. The summed E-state index contributed by atoms with van der Waals surface area (Å²) in [4.78, 5) is 14.5. The van der Waals surface area contributed by atoms with Gasteiger partial charge in [0.15, 0.2) is 0 Å². The minimum absolute atomic E-state index is 0.0469. The van der Waals surface area contributed by atoms with Gasteiger partial charge >= 0.3 is 6.18 Å². The van der Waals surface area contributed by atoms with E-state index in [2.05, 4.69) is 5.10 Å². The zero-order chi connectivity index (χ0) is 20.9. The summed E-state index contributed by atoms with van der Waals surface area (Å²) in [6.07, 6.45) is -2.44. The van der Waals surface area contributed by atoms with Gasteiger partial charge in [-0.3, -0.25) is 9.48 Å². The van der Waals surface area contributed by atoms with Crippen LogP contribution in [-0.2, 0) is 17.5 Å². The fourth-order valence-electron chi connectivity index (χ4n) is 3.83. The van der Waals surface area contributed by atoms with Crippen LogP contribution in [0.3, 0.4) is 0 Å². The summed E-state index contributed by atoms with van der Waals surface area (Å²) in [7, 11) is 0. The second-order valence-corrected chi connectivity index (χ2v) is 8.30. The van der Waals surface area contributed by atoms with Crippen molar-refractivity contribution >= 4 is 29.1 Å². The quantitative estimate of drug-likeness (QED) is 0.757. The third-order valence-corrected chi connectivity index (χ3v) is 6.27. The van der Waals surface area contributed by atoms with E-state index < -0.39 is 36.4 Å². The van der Waals surface area contributed by atoms with Crippen LogP contribution < -0.4 is 5.73 Å². The maximum Gasteiger partial charge on any atom is 0.433 e. The van der Waals surface area contributed by atoms with Gasteiger partial charge in [-0.1, -0.05) is 35.3 Å². The summed E-state index contributed by atoms with van der Waals surface area (Å²) in [6.45, 7) is -0.186. The van der Waals surface area contributed by atoms with E-state index in [9.17, 15) is 18.0 Å². The minimum Gasteiger partial charge on any atom is -0.332 e. The number of carbonyl (C=O) groups is 1. The lowest BCUT2D eigenvalue weighted by Crippen LogP contribution is -2.38. The Labute approximate surface area is 175 Å². The number of nitrogens with two attached hydrogens (primary N) is 1. The Hall–Kier alpha value is -1.77. The lowest BCUT2D eigenvalue weighted by atomic mass is 10.0. The molecule has 1 aromatic carbocycles. The van der Waals surface area contributed by atoms with Crippen LogP contribution in [0.4, 0.5) is 13.2 Å². The van der Waals surface area contributed by atoms with Crippen molar-refractivity contribution < 1.29 is 18.0 Å². The molecule has 29 heavy (non-hydrogen) atoms. The van der Waals surface area contributed by atoms with E-state index in [4.69, 9.17) is 28.9 Å². The van der Waals surface area contributed by atoms with Gasteiger partial charge in [-0.05, 0) is 37.0 Å². The molecule has 5 nitrogen and oxygen atoms in total. The van der Waals surface area contributed by atoms with Gasteiger partial charge in [0.05, 0.1) is 21.8 Å². The average Bonchev–Trinajstić information content (AvgIpc) is 3.29.